The molecule has 0 atom stereocenters. The van der Waals surface area contributed by atoms with Gasteiger partial charge in [-0.3, -0.25) is 0 Å². The van der Waals surface area contributed by atoms with Crippen LogP contribution >= 0.6 is 0 Å². The van der Waals surface area contributed by atoms with Crippen molar-refractivity contribution < 1.29 is 0 Å². The maximum Gasteiger partial charge on any atom is 0.149 e. The average molecular weight is 349 g/mol. The van der Waals surface area contributed by atoms with Crippen LogP contribution < -0.4 is 5.32 Å². The van der Waals surface area contributed by atoms with E-state index in [1.165, 1.54) is 5.56 Å². The minimum Gasteiger partial charge on any atom is -0.339 e. The number of hydrogen-bond acceptors (Lipinski definition) is 3. The van der Waals surface area contributed by atoms with Crippen molar-refractivity contribution in [2.45, 2.75) is 12.8 Å². The molecule has 0 aliphatic heterocycles. The SMILES string of the molecule is N#Cc1c(Nc2ccccc2)nc2ccccc2c1CCc1ccccc1. The van der Waals surface area contributed by atoms with E-state index in [-0.39, 0.29) is 0 Å². The van der Waals surface area contributed by atoms with E-state index in [0.717, 1.165) is 35.0 Å². The lowest BCUT2D eigenvalue weighted by molar-refractivity contribution is 0.962. The molecule has 1 N–H and O–H groups in total. The van der Waals surface area contributed by atoms with Crippen molar-refractivity contribution in [1.82, 2.24) is 4.98 Å². The summed E-state index contributed by atoms with van der Waals surface area (Å²) in [4.78, 5) is 4.72. The highest BCUT2D eigenvalue weighted by Crippen LogP contribution is 2.29. The number of nitrogens with one attached hydrogen (secondary N) is 1. The second-order valence-corrected chi connectivity index (χ2v) is 6.42. The van der Waals surface area contributed by atoms with Crippen LogP contribution in [-0.4, -0.2) is 4.98 Å². The van der Waals surface area contributed by atoms with Crippen LogP contribution in [0.4, 0.5) is 11.5 Å². The minimum absolute atomic E-state index is 0.616. The third-order valence-corrected chi connectivity index (χ3v) is 4.65. The Kier molecular flexibility index (Phi) is 4.80. The fraction of sp³-hybridized carbons (Fsp3) is 0.0833. The lowest BCUT2D eigenvalue weighted by Crippen LogP contribution is -2.04. The van der Waals surface area contributed by atoms with Gasteiger partial charge in [-0.25, -0.2) is 4.98 Å². The lowest BCUT2D eigenvalue weighted by Gasteiger charge is -2.14. The number of rotatable bonds is 5. The molecule has 27 heavy (non-hydrogen) atoms. The Morgan fingerprint density at radius 3 is 2.19 bits per heavy atom. The van der Waals surface area contributed by atoms with Crippen LogP contribution in [0.3, 0.4) is 0 Å². The fourth-order valence-corrected chi connectivity index (χ4v) is 3.32. The van der Waals surface area contributed by atoms with E-state index in [0.29, 0.717) is 11.4 Å². The van der Waals surface area contributed by atoms with E-state index in [1.54, 1.807) is 0 Å². The smallest absolute Gasteiger partial charge is 0.149 e. The molecule has 0 saturated carbocycles. The summed E-state index contributed by atoms with van der Waals surface area (Å²) in [6, 6.07) is 30.6. The summed E-state index contributed by atoms with van der Waals surface area (Å²) in [5, 5.41) is 14.3. The van der Waals surface area contributed by atoms with E-state index in [4.69, 9.17) is 4.98 Å². The minimum atomic E-state index is 0.616. The van der Waals surface area contributed by atoms with Crippen molar-refractivity contribution in [3.05, 3.63) is 102 Å². The number of aryl methyl sites for hydroxylation is 2. The van der Waals surface area contributed by atoms with Gasteiger partial charge in [0, 0.05) is 11.1 Å². The third kappa shape index (κ3) is 3.65. The number of pyridine rings is 1. The molecule has 0 bridgehead atoms. The zero-order valence-corrected chi connectivity index (χ0v) is 14.9. The van der Waals surface area contributed by atoms with Crippen molar-refractivity contribution in [1.29, 1.82) is 5.26 Å². The molecular formula is C24H19N3. The summed E-state index contributed by atoms with van der Waals surface area (Å²) in [6.07, 6.45) is 1.67. The molecule has 0 aliphatic rings. The van der Waals surface area contributed by atoms with Crippen LogP contribution in [0.5, 0.6) is 0 Å². The molecular weight excluding hydrogens is 330 g/mol. The molecule has 0 spiro atoms. The van der Waals surface area contributed by atoms with Crippen LogP contribution in [0.2, 0.25) is 0 Å². The van der Waals surface area contributed by atoms with Crippen molar-refractivity contribution in [3.8, 4) is 6.07 Å². The number of fused-ring (bicyclic) bond motifs is 1. The predicted molar refractivity (Wildman–Crippen MR) is 110 cm³/mol. The van der Waals surface area contributed by atoms with Gasteiger partial charge in [-0.2, -0.15) is 5.26 Å². The first kappa shape index (κ1) is 16.8. The second-order valence-electron chi connectivity index (χ2n) is 6.42. The molecule has 0 aliphatic carbocycles. The standard InChI is InChI=1S/C24H19N3/c25-17-22-20(16-15-18-9-3-1-4-10-18)21-13-7-8-14-23(21)27-24(22)26-19-11-5-2-6-12-19/h1-14H,15-16H2,(H,26,27). The maximum absolute atomic E-state index is 9.90. The molecule has 4 rings (SSSR count). The Balaban J connectivity index is 1.78. The summed E-state index contributed by atoms with van der Waals surface area (Å²) in [5.74, 6) is 0.616. The Morgan fingerprint density at radius 2 is 1.44 bits per heavy atom. The van der Waals surface area contributed by atoms with E-state index >= 15 is 0 Å². The monoisotopic (exact) mass is 349 g/mol. The highest BCUT2D eigenvalue weighted by Gasteiger charge is 2.15. The highest BCUT2D eigenvalue weighted by atomic mass is 15.0. The van der Waals surface area contributed by atoms with Crippen LogP contribution in [0.25, 0.3) is 10.9 Å². The van der Waals surface area contributed by atoms with Gasteiger partial charge in [-0.05, 0) is 42.2 Å². The van der Waals surface area contributed by atoms with Crippen LogP contribution in [-0.2, 0) is 12.8 Å². The van der Waals surface area contributed by atoms with Crippen molar-refractivity contribution in [3.63, 3.8) is 0 Å². The van der Waals surface area contributed by atoms with Gasteiger partial charge < -0.3 is 5.32 Å². The molecule has 0 radical (unpaired) electrons. The fourth-order valence-electron chi connectivity index (χ4n) is 3.32. The molecule has 3 aromatic carbocycles. The molecule has 4 aromatic rings. The van der Waals surface area contributed by atoms with Gasteiger partial charge in [0.2, 0.25) is 0 Å². The quantitative estimate of drug-likeness (QED) is 0.507. The summed E-state index contributed by atoms with van der Waals surface area (Å²) in [7, 11) is 0. The summed E-state index contributed by atoms with van der Waals surface area (Å²) >= 11 is 0. The number of hydrogen-bond donors (Lipinski definition) is 1. The molecule has 130 valence electrons. The molecule has 0 fully saturated rings. The molecule has 3 nitrogen and oxygen atoms in total. The van der Waals surface area contributed by atoms with E-state index in [2.05, 4.69) is 29.6 Å². The molecule has 0 unspecified atom stereocenters. The molecule has 1 heterocycles. The van der Waals surface area contributed by atoms with Gasteiger partial charge in [-0.1, -0.05) is 66.7 Å². The molecule has 0 saturated heterocycles. The van der Waals surface area contributed by atoms with Gasteiger partial charge in [-0.15, -0.1) is 0 Å². The summed E-state index contributed by atoms with van der Waals surface area (Å²) in [5.41, 5.74) is 4.75. The van der Waals surface area contributed by atoms with Gasteiger partial charge in [0.05, 0.1) is 11.1 Å². The number of anilines is 2. The van der Waals surface area contributed by atoms with Crippen LogP contribution in [0.15, 0.2) is 84.9 Å². The Hall–Kier alpha value is -3.64. The Morgan fingerprint density at radius 1 is 0.778 bits per heavy atom. The van der Waals surface area contributed by atoms with E-state index < -0.39 is 0 Å². The zero-order valence-electron chi connectivity index (χ0n) is 14.9. The summed E-state index contributed by atoms with van der Waals surface area (Å²) < 4.78 is 0. The Bertz CT molecular complexity index is 1100. The number of aromatic nitrogens is 1. The van der Waals surface area contributed by atoms with Gasteiger partial charge in [0.15, 0.2) is 0 Å². The van der Waals surface area contributed by atoms with Crippen LogP contribution in [0, 0.1) is 11.3 Å². The van der Waals surface area contributed by atoms with Crippen molar-refractivity contribution in [2.75, 3.05) is 5.32 Å². The number of nitrogens with zero attached hydrogens (tertiary/aromatic N) is 2. The largest absolute Gasteiger partial charge is 0.339 e. The Labute approximate surface area is 158 Å². The van der Waals surface area contributed by atoms with Crippen LogP contribution in [0.1, 0.15) is 16.7 Å². The van der Waals surface area contributed by atoms with Gasteiger partial charge >= 0.3 is 0 Å². The second kappa shape index (κ2) is 7.72. The third-order valence-electron chi connectivity index (χ3n) is 4.65. The number of benzene rings is 3. The molecule has 1 aromatic heterocycles. The molecule has 3 heteroatoms. The maximum atomic E-state index is 9.90. The topological polar surface area (TPSA) is 48.7 Å². The van der Waals surface area contributed by atoms with E-state index in [1.807, 2.05) is 66.7 Å². The normalized spacial score (nSPS) is 10.5. The van der Waals surface area contributed by atoms with E-state index in [9.17, 15) is 5.26 Å². The zero-order chi connectivity index (χ0) is 18.5. The predicted octanol–water partition coefficient (Wildman–Crippen LogP) is 5.64. The average Bonchev–Trinajstić information content (AvgIpc) is 2.73. The van der Waals surface area contributed by atoms with Crippen molar-refractivity contribution >= 4 is 22.4 Å². The highest BCUT2D eigenvalue weighted by molar-refractivity contribution is 5.88. The van der Waals surface area contributed by atoms with Gasteiger partial charge in [0.25, 0.3) is 0 Å². The first-order chi connectivity index (χ1) is 13.3. The molecule has 0 amide bonds. The summed E-state index contributed by atoms with van der Waals surface area (Å²) in [6.45, 7) is 0. The number of para-hydroxylation sites is 2. The van der Waals surface area contributed by atoms with Gasteiger partial charge in [0.1, 0.15) is 11.9 Å². The van der Waals surface area contributed by atoms with Crippen molar-refractivity contribution in [2.24, 2.45) is 0 Å². The number of nitriles is 1. The first-order valence-corrected chi connectivity index (χ1v) is 9.03. The lowest BCUT2D eigenvalue weighted by atomic mass is 9.96. The first-order valence-electron chi connectivity index (χ1n) is 9.03.